The molecule has 0 spiro atoms. The van der Waals surface area contributed by atoms with E-state index in [1.807, 2.05) is 45.2 Å². The summed E-state index contributed by atoms with van der Waals surface area (Å²) in [7, 11) is 2.00. The molecule has 0 fully saturated rings. The van der Waals surface area contributed by atoms with Gasteiger partial charge in [-0.1, -0.05) is 6.07 Å². The van der Waals surface area contributed by atoms with Crippen LogP contribution < -0.4 is 10.6 Å². The van der Waals surface area contributed by atoms with Crippen LogP contribution in [0, 0.1) is 0 Å². The van der Waals surface area contributed by atoms with Crippen molar-refractivity contribution in [3.63, 3.8) is 0 Å². The Labute approximate surface area is 91.5 Å². The summed E-state index contributed by atoms with van der Waals surface area (Å²) in [6, 6.07) is 7.75. The predicted molar refractivity (Wildman–Crippen MR) is 65.0 cm³/mol. The molecular weight excluding hydrogens is 188 g/mol. The summed E-state index contributed by atoms with van der Waals surface area (Å²) in [5.41, 5.74) is 6.93. The highest BCUT2D eigenvalue weighted by Gasteiger charge is 2.13. The highest BCUT2D eigenvalue weighted by Crippen LogP contribution is 2.17. The molecule has 1 aromatic carbocycles. The summed E-state index contributed by atoms with van der Waals surface area (Å²) in [5, 5.41) is 9.62. The first-order chi connectivity index (χ1) is 6.88. The van der Waals surface area contributed by atoms with E-state index in [-0.39, 0.29) is 0 Å². The van der Waals surface area contributed by atoms with Gasteiger partial charge in [0.1, 0.15) is 0 Å². The van der Waals surface area contributed by atoms with Crippen LogP contribution in [0.15, 0.2) is 24.3 Å². The van der Waals surface area contributed by atoms with Gasteiger partial charge in [0.25, 0.3) is 0 Å². The standard InChI is InChI=1S/C12H20N2O/c1-12(2,15)7-8-14(3)11-6-4-5-10(13)9-11/h4-6,9,15H,7-8,13H2,1-3H3. The topological polar surface area (TPSA) is 49.5 Å². The molecule has 0 aliphatic heterocycles. The van der Waals surface area contributed by atoms with Gasteiger partial charge in [-0.2, -0.15) is 0 Å². The Bertz CT molecular complexity index is 318. The lowest BCUT2D eigenvalue weighted by Gasteiger charge is -2.24. The molecule has 0 heterocycles. The lowest BCUT2D eigenvalue weighted by molar-refractivity contribution is 0.0734. The van der Waals surface area contributed by atoms with Gasteiger partial charge < -0.3 is 15.7 Å². The van der Waals surface area contributed by atoms with Crippen molar-refractivity contribution in [2.24, 2.45) is 0 Å². The molecule has 0 saturated carbocycles. The fourth-order valence-electron chi connectivity index (χ4n) is 1.33. The minimum absolute atomic E-state index is 0.616. The minimum atomic E-state index is -0.616. The highest BCUT2D eigenvalue weighted by atomic mass is 16.3. The number of benzene rings is 1. The molecule has 0 radical (unpaired) electrons. The van der Waals surface area contributed by atoms with E-state index in [9.17, 15) is 5.11 Å². The van der Waals surface area contributed by atoms with E-state index in [4.69, 9.17) is 5.73 Å². The normalized spacial score (nSPS) is 11.5. The average Bonchev–Trinajstić information content (AvgIpc) is 2.13. The first-order valence-electron chi connectivity index (χ1n) is 5.17. The van der Waals surface area contributed by atoms with Crippen LogP contribution in [0.1, 0.15) is 20.3 Å². The summed E-state index contributed by atoms with van der Waals surface area (Å²) in [4.78, 5) is 2.09. The van der Waals surface area contributed by atoms with Crippen molar-refractivity contribution >= 4 is 11.4 Å². The molecule has 0 amide bonds. The van der Waals surface area contributed by atoms with Crippen LogP contribution in [0.2, 0.25) is 0 Å². The summed E-state index contributed by atoms with van der Waals surface area (Å²) < 4.78 is 0. The largest absolute Gasteiger partial charge is 0.399 e. The van der Waals surface area contributed by atoms with E-state index in [1.54, 1.807) is 0 Å². The van der Waals surface area contributed by atoms with E-state index >= 15 is 0 Å². The smallest absolute Gasteiger partial charge is 0.0608 e. The van der Waals surface area contributed by atoms with Gasteiger partial charge in [0, 0.05) is 25.0 Å². The number of nitrogen functional groups attached to an aromatic ring is 1. The van der Waals surface area contributed by atoms with Crippen LogP contribution in [0.4, 0.5) is 11.4 Å². The molecule has 0 saturated heterocycles. The summed E-state index contributed by atoms with van der Waals surface area (Å²) in [5.74, 6) is 0. The third-order valence-electron chi connectivity index (χ3n) is 2.37. The third-order valence-corrected chi connectivity index (χ3v) is 2.37. The molecule has 0 bridgehead atoms. The van der Waals surface area contributed by atoms with E-state index in [0.29, 0.717) is 0 Å². The van der Waals surface area contributed by atoms with Crippen molar-refractivity contribution in [2.75, 3.05) is 24.2 Å². The van der Waals surface area contributed by atoms with Gasteiger partial charge in [0.15, 0.2) is 0 Å². The Kier molecular flexibility index (Phi) is 3.58. The zero-order chi connectivity index (χ0) is 11.5. The van der Waals surface area contributed by atoms with Gasteiger partial charge in [-0.25, -0.2) is 0 Å². The number of rotatable bonds is 4. The summed E-state index contributed by atoms with van der Waals surface area (Å²) in [6.45, 7) is 4.45. The lowest BCUT2D eigenvalue weighted by Crippen LogP contribution is -2.28. The zero-order valence-corrected chi connectivity index (χ0v) is 9.70. The van der Waals surface area contributed by atoms with Crippen LogP contribution in [-0.2, 0) is 0 Å². The summed E-state index contributed by atoms with van der Waals surface area (Å²) in [6.07, 6.45) is 0.734. The second-order valence-electron chi connectivity index (χ2n) is 4.58. The number of anilines is 2. The maximum atomic E-state index is 9.62. The van der Waals surface area contributed by atoms with Crippen molar-refractivity contribution in [3.8, 4) is 0 Å². The van der Waals surface area contributed by atoms with Crippen LogP contribution in [0.3, 0.4) is 0 Å². The number of hydrogen-bond donors (Lipinski definition) is 2. The molecule has 3 N–H and O–H groups in total. The molecule has 1 aromatic rings. The van der Waals surface area contributed by atoms with Gasteiger partial charge >= 0.3 is 0 Å². The Morgan fingerprint density at radius 1 is 1.40 bits per heavy atom. The van der Waals surface area contributed by atoms with Gasteiger partial charge in [-0.15, -0.1) is 0 Å². The fourth-order valence-corrected chi connectivity index (χ4v) is 1.33. The van der Waals surface area contributed by atoms with Gasteiger partial charge in [0.05, 0.1) is 5.60 Å². The number of nitrogens with two attached hydrogens (primary N) is 1. The van der Waals surface area contributed by atoms with Crippen molar-refractivity contribution < 1.29 is 5.11 Å². The fraction of sp³-hybridized carbons (Fsp3) is 0.500. The molecule has 0 atom stereocenters. The van der Waals surface area contributed by atoms with Crippen molar-refractivity contribution in [1.82, 2.24) is 0 Å². The lowest BCUT2D eigenvalue weighted by atomic mass is 10.1. The van der Waals surface area contributed by atoms with E-state index in [1.165, 1.54) is 0 Å². The van der Waals surface area contributed by atoms with E-state index in [0.717, 1.165) is 24.3 Å². The monoisotopic (exact) mass is 208 g/mol. The molecule has 15 heavy (non-hydrogen) atoms. The molecule has 0 aliphatic rings. The second kappa shape index (κ2) is 4.53. The van der Waals surface area contributed by atoms with E-state index < -0.39 is 5.60 Å². The summed E-state index contributed by atoms with van der Waals surface area (Å²) >= 11 is 0. The molecule has 0 aliphatic carbocycles. The first kappa shape index (κ1) is 11.9. The minimum Gasteiger partial charge on any atom is -0.399 e. The van der Waals surface area contributed by atoms with Crippen molar-refractivity contribution in [2.45, 2.75) is 25.9 Å². The maximum absolute atomic E-state index is 9.62. The molecule has 0 aromatic heterocycles. The Morgan fingerprint density at radius 3 is 2.60 bits per heavy atom. The first-order valence-corrected chi connectivity index (χ1v) is 5.17. The molecule has 84 valence electrons. The Morgan fingerprint density at radius 2 is 2.07 bits per heavy atom. The van der Waals surface area contributed by atoms with Crippen LogP contribution in [0.25, 0.3) is 0 Å². The highest BCUT2D eigenvalue weighted by molar-refractivity contribution is 5.55. The van der Waals surface area contributed by atoms with Gasteiger partial charge in [-0.05, 0) is 38.5 Å². The maximum Gasteiger partial charge on any atom is 0.0608 e. The number of hydrogen-bond acceptors (Lipinski definition) is 3. The number of nitrogens with zero attached hydrogens (tertiary/aromatic N) is 1. The molecule has 1 rings (SSSR count). The Hall–Kier alpha value is -1.22. The quantitative estimate of drug-likeness (QED) is 0.743. The van der Waals surface area contributed by atoms with Crippen LogP contribution >= 0.6 is 0 Å². The molecule has 0 unspecified atom stereocenters. The van der Waals surface area contributed by atoms with E-state index in [2.05, 4.69) is 4.90 Å². The van der Waals surface area contributed by atoms with Crippen LogP contribution in [-0.4, -0.2) is 24.3 Å². The number of aliphatic hydroxyl groups is 1. The van der Waals surface area contributed by atoms with Crippen molar-refractivity contribution in [1.29, 1.82) is 0 Å². The average molecular weight is 208 g/mol. The van der Waals surface area contributed by atoms with Crippen molar-refractivity contribution in [3.05, 3.63) is 24.3 Å². The third kappa shape index (κ3) is 4.21. The van der Waals surface area contributed by atoms with Gasteiger partial charge in [-0.3, -0.25) is 0 Å². The zero-order valence-electron chi connectivity index (χ0n) is 9.70. The Balaban J connectivity index is 2.58. The molecule has 3 heteroatoms. The van der Waals surface area contributed by atoms with Crippen LogP contribution in [0.5, 0.6) is 0 Å². The van der Waals surface area contributed by atoms with Gasteiger partial charge in [0.2, 0.25) is 0 Å². The second-order valence-corrected chi connectivity index (χ2v) is 4.58. The predicted octanol–water partition coefficient (Wildman–Crippen LogP) is 1.87. The molecule has 3 nitrogen and oxygen atoms in total. The SMILES string of the molecule is CN(CCC(C)(C)O)c1cccc(N)c1. The molecular formula is C12H20N2O.